The molecule has 1 aromatic heterocycles. The van der Waals surface area contributed by atoms with Crippen molar-refractivity contribution >= 4 is 27.0 Å². The number of fused-ring (bicyclic) bond motifs is 1. The first kappa shape index (κ1) is 12.2. The summed E-state index contributed by atoms with van der Waals surface area (Å²) in [6.45, 7) is 2.04. The number of H-pyrrole nitrogens is 1. The molecule has 2 aromatic carbocycles. The van der Waals surface area contributed by atoms with E-state index in [1.807, 2.05) is 43.3 Å². The number of aromatic amines is 1. The topological polar surface area (TPSA) is 37.9 Å². The molecule has 0 spiro atoms. The van der Waals surface area contributed by atoms with Gasteiger partial charge in [0.1, 0.15) is 11.6 Å². The van der Waals surface area contributed by atoms with Gasteiger partial charge in [-0.05, 0) is 36.8 Å². The van der Waals surface area contributed by atoms with Crippen LogP contribution in [0.1, 0.15) is 5.56 Å². The van der Waals surface area contributed by atoms with Crippen molar-refractivity contribution in [1.29, 1.82) is 0 Å². The Morgan fingerprint density at radius 3 is 2.74 bits per heavy atom. The summed E-state index contributed by atoms with van der Waals surface area (Å²) in [7, 11) is 1.68. The van der Waals surface area contributed by atoms with Gasteiger partial charge in [0.2, 0.25) is 0 Å². The average molecular weight is 317 g/mol. The number of hydrogen-bond acceptors (Lipinski definition) is 2. The van der Waals surface area contributed by atoms with Gasteiger partial charge in [0.05, 0.1) is 23.7 Å². The summed E-state index contributed by atoms with van der Waals surface area (Å²) in [6, 6.07) is 12.0. The predicted molar refractivity (Wildman–Crippen MR) is 80.5 cm³/mol. The number of ether oxygens (including phenoxy) is 1. The van der Waals surface area contributed by atoms with E-state index in [1.165, 1.54) is 0 Å². The van der Waals surface area contributed by atoms with Crippen molar-refractivity contribution in [3.05, 3.63) is 46.4 Å². The number of methoxy groups -OCH3 is 1. The van der Waals surface area contributed by atoms with Crippen molar-refractivity contribution in [2.75, 3.05) is 7.11 Å². The minimum atomic E-state index is 0.818. The maximum atomic E-state index is 5.45. The molecule has 0 radical (unpaired) electrons. The highest BCUT2D eigenvalue weighted by Crippen LogP contribution is 2.34. The number of rotatable bonds is 2. The van der Waals surface area contributed by atoms with E-state index in [2.05, 4.69) is 25.9 Å². The van der Waals surface area contributed by atoms with Crippen molar-refractivity contribution in [3.63, 3.8) is 0 Å². The molecule has 3 aromatic rings. The van der Waals surface area contributed by atoms with Gasteiger partial charge in [-0.1, -0.05) is 28.1 Å². The summed E-state index contributed by atoms with van der Waals surface area (Å²) in [5, 5.41) is 0. The van der Waals surface area contributed by atoms with Gasteiger partial charge in [-0.2, -0.15) is 0 Å². The van der Waals surface area contributed by atoms with Crippen molar-refractivity contribution in [2.24, 2.45) is 0 Å². The molecule has 0 aliphatic carbocycles. The molecule has 3 nitrogen and oxygen atoms in total. The molecule has 0 fully saturated rings. The number of nitrogens with zero attached hydrogens (tertiary/aromatic N) is 1. The second-order valence-corrected chi connectivity index (χ2v) is 5.26. The molecular weight excluding hydrogens is 304 g/mol. The molecule has 0 aliphatic heterocycles. The third-order valence-corrected chi connectivity index (χ3v) is 3.98. The smallest absolute Gasteiger partial charge is 0.142 e. The zero-order chi connectivity index (χ0) is 13.4. The fourth-order valence-corrected chi connectivity index (χ4v) is 2.43. The normalized spacial score (nSPS) is 10.9. The Balaban J connectivity index is 2.22. The highest BCUT2D eigenvalue weighted by Gasteiger charge is 2.12. The van der Waals surface area contributed by atoms with Gasteiger partial charge in [-0.15, -0.1) is 0 Å². The van der Waals surface area contributed by atoms with Crippen LogP contribution >= 0.6 is 15.9 Å². The zero-order valence-corrected chi connectivity index (χ0v) is 12.3. The Labute approximate surface area is 119 Å². The fourth-order valence-electron chi connectivity index (χ4n) is 2.09. The quantitative estimate of drug-likeness (QED) is 0.765. The third-order valence-electron chi connectivity index (χ3n) is 3.13. The Morgan fingerprint density at radius 2 is 2.00 bits per heavy atom. The number of hydrogen-bond donors (Lipinski definition) is 1. The van der Waals surface area contributed by atoms with Crippen LogP contribution in [0, 0.1) is 6.92 Å². The summed E-state index contributed by atoms with van der Waals surface area (Å²) < 4.78 is 6.50. The summed E-state index contributed by atoms with van der Waals surface area (Å²) in [4.78, 5) is 7.93. The first-order chi connectivity index (χ1) is 9.19. The van der Waals surface area contributed by atoms with E-state index in [0.29, 0.717) is 0 Å². The van der Waals surface area contributed by atoms with Crippen molar-refractivity contribution < 1.29 is 4.74 Å². The van der Waals surface area contributed by atoms with Crippen LogP contribution in [-0.4, -0.2) is 17.1 Å². The molecule has 0 saturated heterocycles. The highest BCUT2D eigenvalue weighted by atomic mass is 79.9. The Bertz CT molecular complexity index is 716. The number of aromatic nitrogens is 2. The molecule has 96 valence electrons. The van der Waals surface area contributed by atoms with E-state index in [1.54, 1.807) is 7.11 Å². The number of nitrogens with one attached hydrogen (secondary N) is 1. The van der Waals surface area contributed by atoms with E-state index in [9.17, 15) is 0 Å². The number of imidazole rings is 1. The monoisotopic (exact) mass is 316 g/mol. The summed E-state index contributed by atoms with van der Waals surface area (Å²) in [5.74, 6) is 1.64. The fraction of sp³-hybridized carbons (Fsp3) is 0.133. The molecular formula is C15H13BrN2O. The molecule has 0 aliphatic rings. The lowest BCUT2D eigenvalue weighted by molar-refractivity contribution is 0.416. The van der Waals surface area contributed by atoms with Crippen LogP contribution in [0.2, 0.25) is 0 Å². The predicted octanol–water partition coefficient (Wildman–Crippen LogP) is 4.31. The van der Waals surface area contributed by atoms with Gasteiger partial charge in [-0.3, -0.25) is 0 Å². The summed E-state index contributed by atoms with van der Waals surface area (Å²) in [6.07, 6.45) is 0. The number of aryl methyl sites for hydroxylation is 1. The maximum Gasteiger partial charge on any atom is 0.142 e. The van der Waals surface area contributed by atoms with Crippen molar-refractivity contribution in [3.8, 4) is 17.1 Å². The van der Waals surface area contributed by atoms with Crippen LogP contribution < -0.4 is 4.74 Å². The Hall–Kier alpha value is -1.81. The van der Waals surface area contributed by atoms with Crippen molar-refractivity contribution in [2.45, 2.75) is 6.92 Å². The van der Waals surface area contributed by atoms with E-state index in [0.717, 1.165) is 38.2 Å². The molecule has 0 unspecified atom stereocenters. The Morgan fingerprint density at radius 1 is 1.21 bits per heavy atom. The molecule has 3 rings (SSSR count). The molecule has 0 saturated carbocycles. The Kier molecular flexibility index (Phi) is 3.03. The SMILES string of the molecule is COc1cc(C)c(Br)cc1-c1nc2ccccc2[nH]1. The minimum absolute atomic E-state index is 0.818. The van der Waals surface area contributed by atoms with E-state index >= 15 is 0 Å². The van der Waals surface area contributed by atoms with Crippen LogP contribution in [0.4, 0.5) is 0 Å². The maximum absolute atomic E-state index is 5.45. The third kappa shape index (κ3) is 2.12. The molecule has 4 heteroatoms. The van der Waals surface area contributed by atoms with Crippen molar-refractivity contribution in [1.82, 2.24) is 9.97 Å². The molecule has 1 heterocycles. The van der Waals surface area contributed by atoms with Gasteiger partial charge in [-0.25, -0.2) is 4.98 Å². The van der Waals surface area contributed by atoms with Gasteiger partial charge in [0, 0.05) is 4.47 Å². The summed E-state index contributed by atoms with van der Waals surface area (Å²) >= 11 is 3.55. The lowest BCUT2D eigenvalue weighted by Crippen LogP contribution is -1.91. The average Bonchev–Trinajstić information content (AvgIpc) is 2.85. The van der Waals surface area contributed by atoms with Crippen LogP contribution in [0.15, 0.2) is 40.9 Å². The van der Waals surface area contributed by atoms with Gasteiger partial charge in [0.25, 0.3) is 0 Å². The molecule has 1 N–H and O–H groups in total. The molecule has 19 heavy (non-hydrogen) atoms. The van der Waals surface area contributed by atoms with Crippen LogP contribution in [0.3, 0.4) is 0 Å². The van der Waals surface area contributed by atoms with E-state index in [-0.39, 0.29) is 0 Å². The van der Waals surface area contributed by atoms with E-state index < -0.39 is 0 Å². The van der Waals surface area contributed by atoms with Crippen LogP contribution in [0.25, 0.3) is 22.4 Å². The highest BCUT2D eigenvalue weighted by molar-refractivity contribution is 9.10. The minimum Gasteiger partial charge on any atom is -0.496 e. The lowest BCUT2D eigenvalue weighted by Gasteiger charge is -2.09. The second-order valence-electron chi connectivity index (χ2n) is 4.40. The van der Waals surface area contributed by atoms with Gasteiger partial charge in [0.15, 0.2) is 0 Å². The second kappa shape index (κ2) is 4.70. The number of para-hydroxylation sites is 2. The van der Waals surface area contributed by atoms with E-state index in [4.69, 9.17) is 4.74 Å². The molecule has 0 amide bonds. The van der Waals surface area contributed by atoms with Crippen LogP contribution in [0.5, 0.6) is 5.75 Å². The van der Waals surface area contributed by atoms with Gasteiger partial charge < -0.3 is 9.72 Å². The number of benzene rings is 2. The summed E-state index contributed by atoms with van der Waals surface area (Å²) in [5.41, 5.74) is 4.07. The first-order valence-electron chi connectivity index (χ1n) is 5.98. The lowest BCUT2D eigenvalue weighted by atomic mass is 10.1. The van der Waals surface area contributed by atoms with Crippen LogP contribution in [-0.2, 0) is 0 Å². The number of halogens is 1. The largest absolute Gasteiger partial charge is 0.496 e. The van der Waals surface area contributed by atoms with Gasteiger partial charge >= 0.3 is 0 Å². The standard InChI is InChI=1S/C15H13BrN2O/c1-9-7-14(19-2)10(8-11(9)16)15-17-12-5-3-4-6-13(12)18-15/h3-8H,1-2H3,(H,17,18). The molecule has 0 atom stereocenters. The molecule has 0 bridgehead atoms. The first-order valence-corrected chi connectivity index (χ1v) is 6.77. The zero-order valence-electron chi connectivity index (χ0n) is 10.7.